The molecule has 0 aromatic heterocycles. The number of nitrogens with one attached hydrogen (secondary N) is 1. The molecule has 0 amide bonds. The summed E-state index contributed by atoms with van der Waals surface area (Å²) in [7, 11) is -1.50. The Hall–Kier alpha value is -2.05. The van der Waals surface area contributed by atoms with E-state index in [0.717, 1.165) is 18.7 Å². The van der Waals surface area contributed by atoms with Gasteiger partial charge in [-0.15, -0.1) is 0 Å². The minimum atomic E-state index is -1.50. The van der Waals surface area contributed by atoms with Crippen LogP contribution in [-0.4, -0.2) is 22.4 Å². The molecule has 4 nitrogen and oxygen atoms in total. The molecule has 6 heteroatoms. The van der Waals surface area contributed by atoms with E-state index in [1.54, 1.807) is 24.3 Å². The molecule has 1 aliphatic carbocycles. The molecule has 24 heavy (non-hydrogen) atoms. The van der Waals surface area contributed by atoms with Gasteiger partial charge in [-0.25, -0.2) is 4.39 Å². The molecule has 126 valence electrons. The monoisotopic (exact) mass is 346 g/mol. The molecule has 1 fully saturated rings. The molecule has 4 atom stereocenters. The van der Waals surface area contributed by atoms with Crippen molar-refractivity contribution in [1.82, 2.24) is 0 Å². The first-order valence-corrected chi connectivity index (χ1v) is 9.00. The van der Waals surface area contributed by atoms with Gasteiger partial charge in [-0.3, -0.25) is 4.21 Å². The summed E-state index contributed by atoms with van der Waals surface area (Å²) in [4.78, 5) is 11.2. The van der Waals surface area contributed by atoms with Gasteiger partial charge < -0.3 is 15.8 Å². The Kier molecular flexibility index (Phi) is 5.06. The molecule has 2 aromatic rings. The van der Waals surface area contributed by atoms with Gasteiger partial charge in [-0.2, -0.15) is 0 Å². The predicted octanol–water partition coefficient (Wildman–Crippen LogP) is 2.63. The highest BCUT2D eigenvalue weighted by molar-refractivity contribution is 7.86. The van der Waals surface area contributed by atoms with Gasteiger partial charge in [0.05, 0.1) is 10.8 Å². The molecule has 0 bridgehead atoms. The molecule has 3 rings (SSSR count). The molecule has 1 saturated carbocycles. The maximum atomic E-state index is 12.9. The fourth-order valence-electron chi connectivity index (χ4n) is 2.75. The molecule has 0 radical (unpaired) electrons. The second-order valence-electron chi connectivity index (χ2n) is 5.96. The van der Waals surface area contributed by atoms with Crippen LogP contribution >= 0.6 is 0 Å². The van der Waals surface area contributed by atoms with E-state index in [-0.39, 0.29) is 5.82 Å². The summed E-state index contributed by atoms with van der Waals surface area (Å²) in [5.74, 6) is 0.764. The summed E-state index contributed by atoms with van der Waals surface area (Å²) in [6.45, 7) is 0.833. The van der Waals surface area contributed by atoms with E-state index >= 15 is 0 Å². The Balaban J connectivity index is 1.54. The molecule has 0 heterocycles. The van der Waals surface area contributed by atoms with Crippen LogP contribution in [-0.2, 0) is 15.6 Å². The highest BCUT2D eigenvalue weighted by Crippen LogP contribution is 2.47. The Morgan fingerprint density at radius 1 is 1.21 bits per heavy atom. The van der Waals surface area contributed by atoms with Crippen LogP contribution in [0.25, 0.3) is 0 Å². The van der Waals surface area contributed by atoms with Crippen molar-refractivity contribution in [3.8, 4) is 0 Å². The molecule has 1 aliphatic rings. The van der Waals surface area contributed by atoms with E-state index in [1.807, 2.05) is 12.1 Å². The highest BCUT2D eigenvalue weighted by atomic mass is 32.2. The lowest BCUT2D eigenvalue weighted by Gasteiger charge is -2.07. The summed E-state index contributed by atoms with van der Waals surface area (Å²) in [6, 6.07) is 13.8. The first-order chi connectivity index (χ1) is 11.6. The standard InChI is InChI=1S/C18H19FN2O2S/c19-14-3-5-15(6-4-14)21-10-13-9-17(13)12-1-7-16(8-2-12)24(23)18(20)11-22/h1-8,11,13,17-18,21H,9-10,20H2/t13-,17-,18?,24?/m0/s1. The molecular formula is C18H19FN2O2S. The van der Waals surface area contributed by atoms with E-state index in [9.17, 15) is 13.4 Å². The Bertz CT molecular complexity index is 734. The first-order valence-electron chi connectivity index (χ1n) is 7.79. The Morgan fingerprint density at radius 3 is 2.50 bits per heavy atom. The Labute approximate surface area is 142 Å². The average molecular weight is 346 g/mol. The maximum absolute atomic E-state index is 12.9. The van der Waals surface area contributed by atoms with Gasteiger partial charge in [0.25, 0.3) is 0 Å². The maximum Gasteiger partial charge on any atom is 0.149 e. The van der Waals surface area contributed by atoms with Gasteiger partial charge in [0, 0.05) is 17.1 Å². The van der Waals surface area contributed by atoms with Gasteiger partial charge in [-0.05, 0) is 60.2 Å². The minimum absolute atomic E-state index is 0.239. The van der Waals surface area contributed by atoms with Crippen LogP contribution in [0.1, 0.15) is 17.9 Å². The second-order valence-corrected chi connectivity index (χ2v) is 7.57. The molecule has 3 N–H and O–H groups in total. The lowest BCUT2D eigenvalue weighted by Crippen LogP contribution is -2.27. The summed E-state index contributed by atoms with van der Waals surface area (Å²) >= 11 is 0. The summed E-state index contributed by atoms with van der Waals surface area (Å²) in [5, 5.41) is 2.33. The van der Waals surface area contributed by atoms with Crippen molar-refractivity contribution in [3.63, 3.8) is 0 Å². The smallest absolute Gasteiger partial charge is 0.149 e. The van der Waals surface area contributed by atoms with Crippen LogP contribution in [0.2, 0.25) is 0 Å². The molecule has 0 saturated heterocycles. The zero-order valence-corrected chi connectivity index (χ0v) is 13.8. The molecule has 2 unspecified atom stereocenters. The number of carbonyl (C=O) groups excluding carboxylic acids is 1. The predicted molar refractivity (Wildman–Crippen MR) is 92.6 cm³/mol. The third-order valence-corrected chi connectivity index (χ3v) is 5.60. The number of hydrogen-bond acceptors (Lipinski definition) is 4. The van der Waals surface area contributed by atoms with Crippen molar-refractivity contribution in [2.75, 3.05) is 11.9 Å². The summed E-state index contributed by atoms with van der Waals surface area (Å²) in [6.07, 6.45) is 1.59. The number of anilines is 1. The number of rotatable bonds is 7. The normalized spacial score (nSPS) is 21.8. The summed E-state index contributed by atoms with van der Waals surface area (Å²) in [5.41, 5.74) is 7.59. The van der Waals surface area contributed by atoms with Crippen molar-refractivity contribution in [2.45, 2.75) is 22.6 Å². The van der Waals surface area contributed by atoms with Gasteiger partial charge in [0.15, 0.2) is 0 Å². The van der Waals surface area contributed by atoms with Crippen LogP contribution in [0.15, 0.2) is 53.4 Å². The number of benzene rings is 2. The van der Waals surface area contributed by atoms with E-state index in [2.05, 4.69) is 5.32 Å². The number of nitrogens with two attached hydrogens (primary N) is 1. The SMILES string of the molecule is NC(C=O)S(=O)c1ccc([C@@H]2C[C@H]2CNc2ccc(F)cc2)cc1. The fourth-order valence-corrected chi connectivity index (χ4v) is 3.57. The van der Waals surface area contributed by atoms with Crippen LogP contribution in [0.3, 0.4) is 0 Å². The van der Waals surface area contributed by atoms with Crippen LogP contribution in [0.5, 0.6) is 0 Å². The van der Waals surface area contributed by atoms with E-state index < -0.39 is 16.2 Å². The third-order valence-electron chi connectivity index (χ3n) is 4.26. The molecule has 2 aromatic carbocycles. The summed E-state index contributed by atoms with van der Waals surface area (Å²) < 4.78 is 24.8. The van der Waals surface area contributed by atoms with E-state index in [1.165, 1.54) is 17.7 Å². The van der Waals surface area contributed by atoms with E-state index in [4.69, 9.17) is 5.73 Å². The number of halogens is 1. The van der Waals surface area contributed by atoms with Gasteiger partial charge in [0.2, 0.25) is 0 Å². The lowest BCUT2D eigenvalue weighted by atomic mass is 10.1. The number of hydrogen-bond donors (Lipinski definition) is 2. The highest BCUT2D eigenvalue weighted by Gasteiger charge is 2.37. The van der Waals surface area contributed by atoms with Crippen LogP contribution in [0.4, 0.5) is 10.1 Å². The fraction of sp³-hybridized carbons (Fsp3) is 0.278. The van der Waals surface area contributed by atoms with Crippen molar-refractivity contribution in [3.05, 3.63) is 59.9 Å². The van der Waals surface area contributed by atoms with Crippen molar-refractivity contribution >= 4 is 22.8 Å². The zero-order chi connectivity index (χ0) is 17.1. The first kappa shape index (κ1) is 16.8. The Morgan fingerprint density at radius 2 is 1.88 bits per heavy atom. The van der Waals surface area contributed by atoms with Gasteiger partial charge >= 0.3 is 0 Å². The number of aldehydes is 1. The molecular weight excluding hydrogens is 327 g/mol. The average Bonchev–Trinajstić information content (AvgIpc) is 3.40. The minimum Gasteiger partial charge on any atom is -0.385 e. The molecule has 0 aliphatic heterocycles. The van der Waals surface area contributed by atoms with Gasteiger partial charge in [-0.1, -0.05) is 12.1 Å². The largest absolute Gasteiger partial charge is 0.385 e. The molecule has 0 spiro atoms. The topological polar surface area (TPSA) is 72.2 Å². The van der Waals surface area contributed by atoms with Crippen molar-refractivity contribution in [2.24, 2.45) is 11.7 Å². The zero-order valence-electron chi connectivity index (χ0n) is 13.0. The number of carbonyl (C=O) groups is 1. The van der Waals surface area contributed by atoms with Gasteiger partial charge in [0.1, 0.15) is 17.5 Å². The van der Waals surface area contributed by atoms with E-state index in [0.29, 0.717) is 23.0 Å². The van der Waals surface area contributed by atoms with Crippen molar-refractivity contribution in [1.29, 1.82) is 0 Å². The van der Waals surface area contributed by atoms with Crippen LogP contribution < -0.4 is 11.1 Å². The third kappa shape index (κ3) is 3.88. The lowest BCUT2D eigenvalue weighted by molar-refractivity contribution is -0.107. The second kappa shape index (κ2) is 7.23. The van der Waals surface area contributed by atoms with Crippen molar-refractivity contribution < 1.29 is 13.4 Å². The quantitative estimate of drug-likeness (QED) is 0.756. The van der Waals surface area contributed by atoms with Crippen LogP contribution in [0, 0.1) is 11.7 Å².